The van der Waals surface area contributed by atoms with Crippen LogP contribution in [-0.2, 0) is 14.8 Å². The minimum atomic E-state index is -3.60. The Morgan fingerprint density at radius 3 is 2.36 bits per heavy atom. The molecule has 1 aliphatic carbocycles. The number of hydrogen-bond donors (Lipinski definition) is 2. The van der Waals surface area contributed by atoms with Gasteiger partial charge in [0.05, 0.1) is 17.1 Å². The lowest BCUT2D eigenvalue weighted by Gasteiger charge is -2.34. The SMILES string of the molecule is CC1CN(S(=O)(=O)c2ccc(C(=O)NC3CCCC3CN)cc2)CC(C)O1.Cl. The number of amides is 1. The molecule has 1 heterocycles. The Balaban J connectivity index is 0.00000280. The van der Waals surface area contributed by atoms with Crippen LogP contribution < -0.4 is 11.1 Å². The fourth-order valence-electron chi connectivity index (χ4n) is 4.02. The molecule has 7 nitrogen and oxygen atoms in total. The monoisotopic (exact) mass is 431 g/mol. The molecule has 1 aliphatic heterocycles. The number of sulfonamides is 1. The Morgan fingerprint density at radius 1 is 1.18 bits per heavy atom. The van der Waals surface area contributed by atoms with Crippen LogP contribution in [0.2, 0.25) is 0 Å². The van der Waals surface area contributed by atoms with E-state index >= 15 is 0 Å². The number of nitrogens with zero attached hydrogens (tertiary/aromatic N) is 1. The molecule has 0 radical (unpaired) electrons. The zero-order valence-corrected chi connectivity index (χ0v) is 18.0. The number of carbonyl (C=O) groups is 1. The van der Waals surface area contributed by atoms with E-state index in [0.717, 1.165) is 19.3 Å². The predicted molar refractivity (Wildman–Crippen MR) is 110 cm³/mol. The fourth-order valence-corrected chi connectivity index (χ4v) is 5.61. The number of carbonyl (C=O) groups excluding carboxylic acids is 1. The maximum atomic E-state index is 12.9. The molecule has 2 fully saturated rings. The Kier molecular flexibility index (Phi) is 7.87. The van der Waals surface area contributed by atoms with Gasteiger partial charge in [-0.25, -0.2) is 8.42 Å². The Bertz CT molecular complexity index is 762. The third-order valence-electron chi connectivity index (χ3n) is 5.42. The standard InChI is InChI=1S/C19H29N3O4S.ClH/c1-13-11-22(12-14(2)26-13)27(24,25)17-8-6-15(7-9-17)19(23)21-18-5-3-4-16(18)10-20;/h6-9,13-14,16,18H,3-5,10-12,20H2,1-2H3,(H,21,23);1H. The summed E-state index contributed by atoms with van der Waals surface area (Å²) >= 11 is 0. The molecule has 0 aromatic heterocycles. The molecule has 0 bridgehead atoms. The van der Waals surface area contributed by atoms with Gasteiger partial charge in [0.15, 0.2) is 0 Å². The molecule has 28 heavy (non-hydrogen) atoms. The lowest BCUT2D eigenvalue weighted by molar-refractivity contribution is -0.0440. The molecule has 1 saturated carbocycles. The largest absolute Gasteiger partial charge is 0.373 e. The number of nitrogens with two attached hydrogens (primary N) is 1. The number of hydrogen-bond acceptors (Lipinski definition) is 5. The molecule has 3 N–H and O–H groups in total. The van der Waals surface area contributed by atoms with E-state index in [1.165, 1.54) is 16.4 Å². The molecular formula is C19H30ClN3O4S. The third kappa shape index (κ3) is 5.04. The second-order valence-corrected chi connectivity index (χ2v) is 9.55. The van der Waals surface area contributed by atoms with Crippen molar-refractivity contribution in [3.8, 4) is 0 Å². The van der Waals surface area contributed by atoms with E-state index in [0.29, 0.717) is 31.1 Å². The van der Waals surface area contributed by atoms with Crippen LogP contribution in [0, 0.1) is 5.92 Å². The van der Waals surface area contributed by atoms with E-state index in [-0.39, 0.29) is 41.5 Å². The summed E-state index contributed by atoms with van der Waals surface area (Å²) in [6.07, 6.45) is 2.76. The van der Waals surface area contributed by atoms with Gasteiger partial charge in [-0.15, -0.1) is 12.4 Å². The first-order valence-corrected chi connectivity index (χ1v) is 11.0. The zero-order valence-electron chi connectivity index (χ0n) is 16.3. The topological polar surface area (TPSA) is 102 Å². The molecule has 2 aliphatic rings. The summed E-state index contributed by atoms with van der Waals surface area (Å²) in [6.45, 7) is 4.96. The number of nitrogens with one attached hydrogen (secondary N) is 1. The summed E-state index contributed by atoms with van der Waals surface area (Å²) in [4.78, 5) is 12.7. The van der Waals surface area contributed by atoms with E-state index in [2.05, 4.69) is 5.32 Å². The minimum absolute atomic E-state index is 0. The fraction of sp³-hybridized carbons (Fsp3) is 0.632. The molecule has 1 amide bonds. The summed E-state index contributed by atoms with van der Waals surface area (Å²) in [5.41, 5.74) is 6.22. The Labute approximate surface area is 173 Å². The van der Waals surface area contributed by atoms with Crippen molar-refractivity contribution >= 4 is 28.3 Å². The molecular weight excluding hydrogens is 402 g/mol. The lowest BCUT2D eigenvalue weighted by Crippen LogP contribution is -2.48. The summed E-state index contributed by atoms with van der Waals surface area (Å²) in [5.74, 6) is 0.136. The normalized spacial score (nSPS) is 28.5. The first kappa shape index (κ1) is 23.1. The van der Waals surface area contributed by atoms with Crippen molar-refractivity contribution in [1.82, 2.24) is 9.62 Å². The third-order valence-corrected chi connectivity index (χ3v) is 7.26. The van der Waals surface area contributed by atoms with E-state index in [4.69, 9.17) is 10.5 Å². The van der Waals surface area contributed by atoms with E-state index in [1.54, 1.807) is 12.1 Å². The van der Waals surface area contributed by atoms with E-state index in [9.17, 15) is 13.2 Å². The van der Waals surface area contributed by atoms with Crippen LogP contribution in [-0.4, -0.2) is 56.5 Å². The second kappa shape index (κ2) is 9.54. The first-order valence-electron chi connectivity index (χ1n) is 9.58. The van der Waals surface area contributed by atoms with E-state index < -0.39 is 10.0 Å². The summed E-state index contributed by atoms with van der Waals surface area (Å²) in [5, 5.41) is 3.03. The van der Waals surface area contributed by atoms with Gasteiger partial charge in [-0.05, 0) is 63.4 Å². The van der Waals surface area contributed by atoms with Crippen molar-refractivity contribution in [2.24, 2.45) is 11.7 Å². The summed E-state index contributed by atoms with van der Waals surface area (Å²) in [6, 6.07) is 6.25. The number of ether oxygens (including phenoxy) is 1. The average Bonchev–Trinajstić information content (AvgIpc) is 3.08. The van der Waals surface area contributed by atoms with Crippen molar-refractivity contribution in [3.63, 3.8) is 0 Å². The van der Waals surface area contributed by atoms with Gasteiger partial charge in [0.1, 0.15) is 0 Å². The molecule has 0 spiro atoms. The zero-order chi connectivity index (χ0) is 19.6. The molecule has 1 aromatic carbocycles. The van der Waals surface area contributed by atoms with Gasteiger partial charge in [-0.2, -0.15) is 4.31 Å². The molecule has 9 heteroatoms. The molecule has 3 rings (SSSR count). The highest BCUT2D eigenvalue weighted by atomic mass is 35.5. The van der Waals surface area contributed by atoms with Gasteiger partial charge < -0.3 is 15.8 Å². The molecule has 1 saturated heterocycles. The highest BCUT2D eigenvalue weighted by Gasteiger charge is 2.32. The predicted octanol–water partition coefficient (Wildman–Crippen LogP) is 1.76. The van der Waals surface area contributed by atoms with E-state index in [1.807, 2.05) is 13.8 Å². The van der Waals surface area contributed by atoms with Gasteiger partial charge in [0.2, 0.25) is 10.0 Å². The van der Waals surface area contributed by atoms with Gasteiger partial charge in [0, 0.05) is 24.7 Å². The highest BCUT2D eigenvalue weighted by Crippen LogP contribution is 2.25. The summed E-state index contributed by atoms with van der Waals surface area (Å²) < 4.78 is 32.8. The number of morpholine rings is 1. The van der Waals surface area contributed by atoms with Crippen molar-refractivity contribution in [2.45, 2.75) is 56.3 Å². The van der Waals surface area contributed by atoms with Gasteiger partial charge in [0.25, 0.3) is 5.91 Å². The van der Waals surface area contributed by atoms with Crippen molar-refractivity contribution in [2.75, 3.05) is 19.6 Å². The maximum absolute atomic E-state index is 12.9. The van der Waals surface area contributed by atoms with Gasteiger partial charge >= 0.3 is 0 Å². The van der Waals surface area contributed by atoms with Crippen LogP contribution in [0.25, 0.3) is 0 Å². The van der Waals surface area contributed by atoms with Crippen LogP contribution in [0.4, 0.5) is 0 Å². The molecule has 4 unspecified atom stereocenters. The smallest absolute Gasteiger partial charge is 0.251 e. The Morgan fingerprint density at radius 2 is 1.79 bits per heavy atom. The molecule has 158 valence electrons. The van der Waals surface area contributed by atoms with Crippen LogP contribution in [0.15, 0.2) is 29.2 Å². The summed E-state index contributed by atoms with van der Waals surface area (Å²) in [7, 11) is -3.60. The maximum Gasteiger partial charge on any atom is 0.251 e. The van der Waals surface area contributed by atoms with Crippen molar-refractivity contribution in [1.29, 1.82) is 0 Å². The quantitative estimate of drug-likeness (QED) is 0.739. The number of halogens is 1. The van der Waals surface area contributed by atoms with Gasteiger partial charge in [-0.1, -0.05) is 6.42 Å². The van der Waals surface area contributed by atoms with Gasteiger partial charge in [-0.3, -0.25) is 4.79 Å². The minimum Gasteiger partial charge on any atom is -0.373 e. The van der Waals surface area contributed by atoms with Crippen LogP contribution in [0.1, 0.15) is 43.5 Å². The molecule has 1 aromatic rings. The van der Waals surface area contributed by atoms with Crippen LogP contribution >= 0.6 is 12.4 Å². The van der Waals surface area contributed by atoms with Crippen molar-refractivity contribution in [3.05, 3.63) is 29.8 Å². The Hall–Kier alpha value is -1.19. The first-order chi connectivity index (χ1) is 12.8. The molecule has 4 atom stereocenters. The second-order valence-electron chi connectivity index (χ2n) is 7.61. The highest BCUT2D eigenvalue weighted by molar-refractivity contribution is 7.89. The van der Waals surface area contributed by atoms with Crippen molar-refractivity contribution < 1.29 is 17.9 Å². The number of benzene rings is 1. The van der Waals surface area contributed by atoms with Crippen LogP contribution in [0.3, 0.4) is 0 Å². The van der Waals surface area contributed by atoms with Crippen LogP contribution in [0.5, 0.6) is 0 Å². The lowest BCUT2D eigenvalue weighted by atomic mass is 10.0. The average molecular weight is 432 g/mol. The number of rotatable bonds is 5.